The molecule has 1 aromatic carbocycles. The molecule has 20 heavy (non-hydrogen) atoms. The van der Waals surface area contributed by atoms with E-state index in [9.17, 15) is 4.79 Å². The average Bonchev–Trinajstić information content (AvgIpc) is 3.20. The van der Waals surface area contributed by atoms with Crippen molar-refractivity contribution in [2.24, 2.45) is 5.92 Å². The summed E-state index contributed by atoms with van der Waals surface area (Å²) in [5.74, 6) is 0.962. The minimum Gasteiger partial charge on any atom is -0.354 e. The number of benzene rings is 1. The normalized spacial score (nSPS) is 20.8. The second-order valence-electron chi connectivity index (χ2n) is 6.28. The van der Waals surface area contributed by atoms with Crippen molar-refractivity contribution in [2.75, 3.05) is 6.54 Å². The fraction of sp³-hybridized carbons (Fsp3) is 0.588. The van der Waals surface area contributed by atoms with Gasteiger partial charge in [0.1, 0.15) is 0 Å². The van der Waals surface area contributed by atoms with Crippen molar-refractivity contribution in [1.82, 2.24) is 10.6 Å². The van der Waals surface area contributed by atoms with Gasteiger partial charge >= 0.3 is 0 Å². The Morgan fingerprint density at radius 2 is 1.85 bits per heavy atom. The molecule has 0 aliphatic heterocycles. The van der Waals surface area contributed by atoms with Gasteiger partial charge in [-0.1, -0.05) is 43.2 Å². The maximum atomic E-state index is 12.5. The van der Waals surface area contributed by atoms with Gasteiger partial charge in [-0.05, 0) is 37.2 Å². The van der Waals surface area contributed by atoms with Crippen molar-refractivity contribution in [1.29, 1.82) is 0 Å². The van der Waals surface area contributed by atoms with Crippen LogP contribution in [0.1, 0.15) is 44.1 Å². The van der Waals surface area contributed by atoms with E-state index < -0.39 is 0 Å². The molecule has 0 aromatic heterocycles. The van der Waals surface area contributed by atoms with Crippen molar-refractivity contribution in [2.45, 2.75) is 50.6 Å². The molecule has 0 atom stereocenters. The highest BCUT2D eigenvalue weighted by Gasteiger charge is 2.40. The summed E-state index contributed by atoms with van der Waals surface area (Å²) < 4.78 is 0. The van der Waals surface area contributed by atoms with Crippen LogP contribution in [0.15, 0.2) is 30.3 Å². The first-order valence-corrected chi connectivity index (χ1v) is 7.86. The van der Waals surface area contributed by atoms with Gasteiger partial charge in [0.2, 0.25) is 5.91 Å². The summed E-state index contributed by atoms with van der Waals surface area (Å²) in [5.41, 5.74) is 0.916. The van der Waals surface area contributed by atoms with E-state index in [1.807, 2.05) is 18.2 Å². The largest absolute Gasteiger partial charge is 0.354 e. The smallest absolute Gasteiger partial charge is 0.240 e. The Morgan fingerprint density at radius 3 is 2.50 bits per heavy atom. The predicted molar refractivity (Wildman–Crippen MR) is 80.2 cm³/mol. The molecule has 0 unspecified atom stereocenters. The van der Waals surface area contributed by atoms with Crippen molar-refractivity contribution in [3.8, 4) is 0 Å². The first-order valence-electron chi connectivity index (χ1n) is 7.86. The van der Waals surface area contributed by atoms with E-state index in [-0.39, 0.29) is 11.4 Å². The summed E-state index contributed by atoms with van der Waals surface area (Å²) in [6, 6.07) is 10.3. The molecule has 108 valence electrons. The molecule has 0 radical (unpaired) electrons. The number of hydrogen-bond donors (Lipinski definition) is 2. The van der Waals surface area contributed by atoms with Gasteiger partial charge in [0.05, 0.1) is 5.54 Å². The molecule has 2 saturated carbocycles. The van der Waals surface area contributed by atoms with Gasteiger partial charge in [0.25, 0.3) is 0 Å². The Morgan fingerprint density at radius 1 is 1.15 bits per heavy atom. The second kappa shape index (κ2) is 5.96. The van der Waals surface area contributed by atoms with Gasteiger partial charge in [-0.15, -0.1) is 0 Å². The fourth-order valence-electron chi connectivity index (χ4n) is 3.06. The number of hydrogen-bond acceptors (Lipinski definition) is 2. The number of carbonyl (C=O) groups is 1. The van der Waals surface area contributed by atoms with Crippen LogP contribution in [0.25, 0.3) is 0 Å². The molecule has 0 heterocycles. The fourth-order valence-corrected chi connectivity index (χ4v) is 3.06. The van der Waals surface area contributed by atoms with Crippen molar-refractivity contribution in [3.63, 3.8) is 0 Å². The lowest BCUT2D eigenvalue weighted by Crippen LogP contribution is -2.55. The Labute approximate surface area is 121 Å². The highest BCUT2D eigenvalue weighted by atomic mass is 16.2. The SMILES string of the molecule is O=C(NCC1CC1)C1(NCc2ccccc2)CCCC1. The first kappa shape index (κ1) is 13.6. The molecule has 0 spiro atoms. The molecular formula is C17H24N2O. The van der Waals surface area contributed by atoms with E-state index in [2.05, 4.69) is 22.8 Å². The zero-order chi connectivity index (χ0) is 13.8. The van der Waals surface area contributed by atoms with Crippen molar-refractivity contribution < 1.29 is 4.79 Å². The first-order chi connectivity index (χ1) is 9.78. The predicted octanol–water partition coefficient (Wildman–Crippen LogP) is 2.62. The number of nitrogens with one attached hydrogen (secondary N) is 2. The summed E-state index contributed by atoms with van der Waals surface area (Å²) >= 11 is 0. The molecule has 3 nitrogen and oxygen atoms in total. The zero-order valence-corrected chi connectivity index (χ0v) is 12.0. The third-order valence-electron chi connectivity index (χ3n) is 4.61. The van der Waals surface area contributed by atoms with Crippen LogP contribution < -0.4 is 10.6 Å². The van der Waals surface area contributed by atoms with Crippen LogP contribution in [0, 0.1) is 5.92 Å². The third kappa shape index (κ3) is 3.21. The van der Waals surface area contributed by atoms with E-state index in [1.54, 1.807) is 0 Å². The maximum absolute atomic E-state index is 12.5. The average molecular weight is 272 g/mol. The van der Waals surface area contributed by atoms with Crippen LogP contribution in [0.3, 0.4) is 0 Å². The molecule has 0 bridgehead atoms. The van der Waals surface area contributed by atoms with E-state index in [0.29, 0.717) is 0 Å². The Bertz CT molecular complexity index is 447. The Hall–Kier alpha value is -1.35. The summed E-state index contributed by atoms with van der Waals surface area (Å²) in [4.78, 5) is 12.5. The van der Waals surface area contributed by atoms with E-state index >= 15 is 0 Å². The summed E-state index contributed by atoms with van der Waals surface area (Å²) in [6.45, 7) is 1.64. The maximum Gasteiger partial charge on any atom is 0.240 e. The molecule has 2 aliphatic carbocycles. The molecule has 3 heteroatoms. The van der Waals surface area contributed by atoms with Gasteiger partial charge in [-0.2, -0.15) is 0 Å². The number of carbonyl (C=O) groups excluding carboxylic acids is 1. The second-order valence-corrected chi connectivity index (χ2v) is 6.28. The monoisotopic (exact) mass is 272 g/mol. The van der Waals surface area contributed by atoms with Crippen LogP contribution in [0.2, 0.25) is 0 Å². The highest BCUT2D eigenvalue weighted by Crippen LogP contribution is 2.31. The lowest BCUT2D eigenvalue weighted by atomic mass is 9.95. The quantitative estimate of drug-likeness (QED) is 0.836. The van der Waals surface area contributed by atoms with Crippen molar-refractivity contribution >= 4 is 5.91 Å². The molecule has 2 N–H and O–H groups in total. The lowest BCUT2D eigenvalue weighted by Gasteiger charge is -2.29. The van der Waals surface area contributed by atoms with Crippen LogP contribution in [0.5, 0.6) is 0 Å². The minimum absolute atomic E-state index is 0.220. The van der Waals surface area contributed by atoms with Gasteiger partial charge in [-0.3, -0.25) is 10.1 Å². The molecule has 0 saturated heterocycles. The highest BCUT2D eigenvalue weighted by molar-refractivity contribution is 5.86. The van der Waals surface area contributed by atoms with Gasteiger partial charge in [0.15, 0.2) is 0 Å². The molecule has 2 aliphatic rings. The van der Waals surface area contributed by atoms with Gasteiger partial charge in [0, 0.05) is 13.1 Å². The standard InChI is InChI=1S/C17H24N2O/c20-16(18-12-15-8-9-15)17(10-4-5-11-17)19-13-14-6-2-1-3-7-14/h1-3,6-7,15,19H,4-5,8-13H2,(H,18,20). The van der Waals surface area contributed by atoms with Gasteiger partial charge < -0.3 is 5.32 Å². The minimum atomic E-state index is -0.329. The van der Waals surface area contributed by atoms with E-state index in [1.165, 1.54) is 18.4 Å². The third-order valence-corrected chi connectivity index (χ3v) is 4.61. The van der Waals surface area contributed by atoms with Crippen LogP contribution in [-0.4, -0.2) is 18.0 Å². The number of amides is 1. The summed E-state index contributed by atoms with van der Waals surface area (Å²) in [5, 5.41) is 6.71. The van der Waals surface area contributed by atoms with E-state index in [4.69, 9.17) is 0 Å². The molecular weight excluding hydrogens is 248 g/mol. The molecule has 1 amide bonds. The summed E-state index contributed by atoms with van der Waals surface area (Å²) in [7, 11) is 0. The molecule has 2 fully saturated rings. The lowest BCUT2D eigenvalue weighted by molar-refractivity contribution is -0.127. The van der Waals surface area contributed by atoms with Crippen molar-refractivity contribution in [3.05, 3.63) is 35.9 Å². The Balaban J connectivity index is 1.59. The number of rotatable bonds is 6. The van der Waals surface area contributed by atoms with Crippen LogP contribution in [-0.2, 0) is 11.3 Å². The molecule has 3 rings (SSSR count). The van der Waals surface area contributed by atoms with Crippen LogP contribution in [0.4, 0.5) is 0 Å². The summed E-state index contributed by atoms with van der Waals surface area (Å²) in [6.07, 6.45) is 6.80. The molecule has 1 aromatic rings. The zero-order valence-electron chi connectivity index (χ0n) is 12.0. The van der Waals surface area contributed by atoms with Crippen LogP contribution >= 0.6 is 0 Å². The Kier molecular flexibility index (Phi) is 4.06. The van der Waals surface area contributed by atoms with Gasteiger partial charge in [-0.25, -0.2) is 0 Å². The topological polar surface area (TPSA) is 41.1 Å². The van der Waals surface area contributed by atoms with E-state index in [0.717, 1.165) is 44.7 Å².